The minimum Gasteiger partial charge on any atom is -0.354 e. The summed E-state index contributed by atoms with van der Waals surface area (Å²) in [4.78, 5) is 38.9. The van der Waals surface area contributed by atoms with Crippen molar-refractivity contribution >= 4 is 17.7 Å². The highest BCUT2D eigenvalue weighted by Gasteiger charge is 2.42. The monoisotopic (exact) mass is 319 g/mol. The maximum absolute atomic E-state index is 13.6. The van der Waals surface area contributed by atoms with E-state index in [9.17, 15) is 18.8 Å². The van der Waals surface area contributed by atoms with E-state index >= 15 is 0 Å². The summed E-state index contributed by atoms with van der Waals surface area (Å²) in [5.74, 6) is -1.03. The van der Waals surface area contributed by atoms with Crippen LogP contribution < -0.4 is 5.32 Å². The van der Waals surface area contributed by atoms with E-state index in [0.29, 0.717) is 18.7 Å². The highest BCUT2D eigenvalue weighted by Crippen LogP contribution is 2.20. The second-order valence-electron chi connectivity index (χ2n) is 5.77. The summed E-state index contributed by atoms with van der Waals surface area (Å²) >= 11 is 0. The van der Waals surface area contributed by atoms with Crippen molar-refractivity contribution in [3.05, 3.63) is 35.6 Å². The lowest BCUT2D eigenvalue weighted by Gasteiger charge is -2.30. The Balaban J connectivity index is 1.64. The summed E-state index contributed by atoms with van der Waals surface area (Å²) in [5, 5.41) is 2.69. The first-order valence-corrected chi connectivity index (χ1v) is 7.64. The fourth-order valence-corrected chi connectivity index (χ4v) is 3.04. The van der Waals surface area contributed by atoms with Crippen LogP contribution in [0.1, 0.15) is 12.0 Å². The molecule has 1 aromatic carbocycles. The average Bonchev–Trinajstić information content (AvgIpc) is 2.81. The number of likely N-dealkylation sites (tertiary alicyclic amines) is 1. The lowest BCUT2D eigenvalue weighted by molar-refractivity contribution is -0.140. The molecule has 2 heterocycles. The van der Waals surface area contributed by atoms with Crippen molar-refractivity contribution in [1.29, 1.82) is 0 Å². The van der Waals surface area contributed by atoms with Gasteiger partial charge >= 0.3 is 0 Å². The number of imide groups is 1. The zero-order chi connectivity index (χ0) is 16.4. The zero-order valence-electron chi connectivity index (χ0n) is 12.6. The summed E-state index contributed by atoms with van der Waals surface area (Å²) in [6, 6.07) is 5.75. The van der Waals surface area contributed by atoms with Gasteiger partial charge in [-0.25, -0.2) is 4.39 Å². The average molecular weight is 319 g/mol. The van der Waals surface area contributed by atoms with Crippen LogP contribution in [0, 0.1) is 5.82 Å². The number of halogens is 1. The van der Waals surface area contributed by atoms with Crippen LogP contribution >= 0.6 is 0 Å². The Bertz CT molecular complexity index is 649. The van der Waals surface area contributed by atoms with E-state index in [0.717, 1.165) is 0 Å². The predicted octanol–water partition coefficient (Wildman–Crippen LogP) is -0.0725. The molecule has 0 aromatic heterocycles. The molecular formula is C16H18FN3O3. The first-order valence-electron chi connectivity index (χ1n) is 7.64. The van der Waals surface area contributed by atoms with Crippen LogP contribution in [0.4, 0.5) is 4.39 Å². The Labute approximate surface area is 133 Å². The van der Waals surface area contributed by atoms with Crippen LogP contribution in [0.2, 0.25) is 0 Å². The molecular weight excluding hydrogens is 301 g/mol. The van der Waals surface area contributed by atoms with Crippen LogP contribution in [0.3, 0.4) is 0 Å². The zero-order valence-corrected chi connectivity index (χ0v) is 12.6. The van der Waals surface area contributed by atoms with Gasteiger partial charge in [0.25, 0.3) is 0 Å². The molecule has 1 atom stereocenters. The first-order chi connectivity index (χ1) is 11.1. The summed E-state index contributed by atoms with van der Waals surface area (Å²) in [6.07, 6.45) is 0.376. The smallest absolute Gasteiger partial charge is 0.247 e. The van der Waals surface area contributed by atoms with E-state index in [-0.39, 0.29) is 49.5 Å². The number of amides is 3. The standard InChI is InChI=1S/C16H18FN3O3/c17-12-4-2-1-3-11(12)5-7-20-15(22)9-13(16(20)23)19-8-6-18-14(21)10-19/h1-4,13H,5-10H2,(H,18,21)/t13-/m0/s1. The highest BCUT2D eigenvalue weighted by molar-refractivity contribution is 6.05. The van der Waals surface area contributed by atoms with Crippen LogP contribution in [-0.4, -0.2) is 59.7 Å². The van der Waals surface area contributed by atoms with Gasteiger partial charge in [-0.1, -0.05) is 18.2 Å². The number of hydrogen-bond acceptors (Lipinski definition) is 4. The maximum Gasteiger partial charge on any atom is 0.247 e. The van der Waals surface area contributed by atoms with Gasteiger partial charge in [0, 0.05) is 19.6 Å². The fourth-order valence-electron chi connectivity index (χ4n) is 3.04. The van der Waals surface area contributed by atoms with Gasteiger partial charge < -0.3 is 5.32 Å². The van der Waals surface area contributed by atoms with Gasteiger partial charge in [-0.05, 0) is 18.1 Å². The predicted molar refractivity (Wildman–Crippen MR) is 79.8 cm³/mol. The van der Waals surface area contributed by atoms with Crippen LogP contribution in [0.5, 0.6) is 0 Å². The van der Waals surface area contributed by atoms with Gasteiger partial charge in [-0.3, -0.25) is 24.2 Å². The third kappa shape index (κ3) is 3.24. The molecule has 122 valence electrons. The SMILES string of the molecule is O=C1CN([C@H]2CC(=O)N(CCc3ccccc3F)C2=O)CCN1. The molecule has 2 saturated heterocycles. The summed E-state index contributed by atoms with van der Waals surface area (Å²) in [6.45, 7) is 1.32. The molecule has 0 saturated carbocycles. The largest absolute Gasteiger partial charge is 0.354 e. The van der Waals surface area contributed by atoms with Crippen LogP contribution in [0.15, 0.2) is 24.3 Å². The molecule has 6 nitrogen and oxygen atoms in total. The molecule has 1 N–H and O–H groups in total. The third-order valence-corrected chi connectivity index (χ3v) is 4.29. The Hall–Kier alpha value is -2.28. The number of nitrogens with zero attached hydrogens (tertiary/aromatic N) is 2. The Kier molecular flexibility index (Phi) is 4.38. The molecule has 7 heteroatoms. The summed E-state index contributed by atoms with van der Waals surface area (Å²) in [5.41, 5.74) is 0.480. The van der Waals surface area contributed by atoms with Gasteiger partial charge in [0.1, 0.15) is 5.82 Å². The molecule has 2 aliphatic rings. The number of piperazine rings is 1. The third-order valence-electron chi connectivity index (χ3n) is 4.29. The number of carbonyl (C=O) groups excluding carboxylic acids is 3. The van der Waals surface area contributed by atoms with Crippen molar-refractivity contribution < 1.29 is 18.8 Å². The molecule has 0 spiro atoms. The molecule has 23 heavy (non-hydrogen) atoms. The van der Waals surface area contributed by atoms with Gasteiger partial charge in [0.15, 0.2) is 0 Å². The summed E-state index contributed by atoms with van der Waals surface area (Å²) in [7, 11) is 0. The normalized spacial score (nSPS) is 22.6. The van der Waals surface area contributed by atoms with Crippen molar-refractivity contribution in [3.63, 3.8) is 0 Å². The minimum absolute atomic E-state index is 0.0867. The second kappa shape index (κ2) is 6.45. The topological polar surface area (TPSA) is 69.7 Å². The Morgan fingerprint density at radius 1 is 1.22 bits per heavy atom. The quantitative estimate of drug-likeness (QED) is 0.789. The lowest BCUT2D eigenvalue weighted by atomic mass is 10.1. The lowest BCUT2D eigenvalue weighted by Crippen LogP contribution is -2.53. The van der Waals surface area contributed by atoms with E-state index < -0.39 is 6.04 Å². The number of hydrogen-bond donors (Lipinski definition) is 1. The van der Waals surface area contributed by atoms with E-state index in [1.807, 2.05) is 0 Å². The first kappa shape index (κ1) is 15.6. The summed E-state index contributed by atoms with van der Waals surface area (Å²) < 4.78 is 13.6. The molecule has 0 radical (unpaired) electrons. The molecule has 2 aliphatic heterocycles. The Morgan fingerprint density at radius 2 is 2.00 bits per heavy atom. The van der Waals surface area contributed by atoms with Gasteiger partial charge in [-0.15, -0.1) is 0 Å². The molecule has 3 amide bonds. The highest BCUT2D eigenvalue weighted by atomic mass is 19.1. The van der Waals surface area contributed by atoms with Crippen LogP contribution in [-0.2, 0) is 20.8 Å². The van der Waals surface area contributed by atoms with E-state index in [4.69, 9.17) is 0 Å². The van der Waals surface area contributed by atoms with E-state index in [1.54, 1.807) is 23.1 Å². The number of nitrogens with one attached hydrogen (secondary N) is 1. The van der Waals surface area contributed by atoms with Crippen molar-refractivity contribution in [2.45, 2.75) is 18.9 Å². The molecule has 0 unspecified atom stereocenters. The number of benzene rings is 1. The second-order valence-corrected chi connectivity index (χ2v) is 5.77. The molecule has 2 fully saturated rings. The molecule has 0 bridgehead atoms. The molecule has 0 aliphatic carbocycles. The van der Waals surface area contributed by atoms with Gasteiger partial charge in [0.05, 0.1) is 19.0 Å². The fraction of sp³-hybridized carbons (Fsp3) is 0.438. The molecule has 1 aromatic rings. The van der Waals surface area contributed by atoms with Crippen molar-refractivity contribution in [2.75, 3.05) is 26.2 Å². The van der Waals surface area contributed by atoms with E-state index in [2.05, 4.69) is 5.32 Å². The van der Waals surface area contributed by atoms with Gasteiger partial charge in [-0.2, -0.15) is 0 Å². The molecule has 3 rings (SSSR count). The Morgan fingerprint density at radius 3 is 2.74 bits per heavy atom. The maximum atomic E-state index is 13.6. The van der Waals surface area contributed by atoms with Crippen molar-refractivity contribution in [2.24, 2.45) is 0 Å². The van der Waals surface area contributed by atoms with Crippen molar-refractivity contribution in [3.8, 4) is 0 Å². The van der Waals surface area contributed by atoms with E-state index in [1.165, 1.54) is 11.0 Å². The van der Waals surface area contributed by atoms with Gasteiger partial charge in [0.2, 0.25) is 17.7 Å². The minimum atomic E-state index is -0.575. The van der Waals surface area contributed by atoms with Crippen LogP contribution in [0.25, 0.3) is 0 Å². The van der Waals surface area contributed by atoms with Crippen molar-refractivity contribution in [1.82, 2.24) is 15.1 Å². The number of rotatable bonds is 4. The number of carbonyl (C=O) groups is 3.